The lowest BCUT2D eigenvalue weighted by Gasteiger charge is -2.19. The Balaban J connectivity index is 2.64. The number of anilines is 1. The van der Waals surface area contributed by atoms with Crippen LogP contribution in [0.1, 0.15) is 12.0 Å². The van der Waals surface area contributed by atoms with Crippen molar-refractivity contribution in [3.63, 3.8) is 0 Å². The fourth-order valence-corrected chi connectivity index (χ4v) is 2.02. The van der Waals surface area contributed by atoms with Crippen molar-refractivity contribution in [2.75, 3.05) is 30.5 Å². The minimum atomic E-state index is 0.458. The molecule has 0 saturated carbocycles. The van der Waals surface area contributed by atoms with Gasteiger partial charge in [0, 0.05) is 24.8 Å². The Morgan fingerprint density at radius 1 is 1.50 bits per heavy atom. The minimum Gasteiger partial charge on any atom is -0.389 e. The molecule has 16 heavy (non-hydrogen) atoms. The van der Waals surface area contributed by atoms with Crippen LogP contribution in [0.25, 0.3) is 0 Å². The lowest BCUT2D eigenvalue weighted by molar-refractivity contribution is 0.860. The lowest BCUT2D eigenvalue weighted by atomic mass is 10.2. The highest BCUT2D eigenvalue weighted by atomic mass is 32.2. The second-order valence-corrected chi connectivity index (χ2v) is 5.11. The summed E-state index contributed by atoms with van der Waals surface area (Å²) in [7, 11) is 2.10. The maximum atomic E-state index is 5.61. The van der Waals surface area contributed by atoms with Crippen molar-refractivity contribution >= 4 is 34.7 Å². The van der Waals surface area contributed by atoms with E-state index < -0.39 is 0 Å². The number of benzene rings is 1. The van der Waals surface area contributed by atoms with E-state index in [4.69, 9.17) is 18.0 Å². The molecule has 0 atom stereocenters. The Labute approximate surface area is 107 Å². The van der Waals surface area contributed by atoms with Crippen LogP contribution in [-0.2, 0) is 0 Å². The highest BCUT2D eigenvalue weighted by Crippen LogP contribution is 2.15. The number of nitrogens with zero attached hydrogens (tertiary/aromatic N) is 1. The van der Waals surface area contributed by atoms with Crippen LogP contribution >= 0.6 is 24.0 Å². The van der Waals surface area contributed by atoms with Crippen molar-refractivity contribution in [1.29, 1.82) is 0 Å². The van der Waals surface area contributed by atoms with Crippen molar-refractivity contribution in [2.24, 2.45) is 5.73 Å². The first kappa shape index (κ1) is 13.3. The molecule has 0 amide bonds. The standard InChI is InChI=1S/C12H18N2S2/c1-14(7-4-8-16-2)11-6-3-5-10(9-11)12(13)15/h3,5-6,9H,4,7-8H2,1-2H3,(H2,13,15). The van der Waals surface area contributed by atoms with E-state index in [9.17, 15) is 0 Å². The number of rotatable bonds is 6. The molecule has 2 N–H and O–H groups in total. The van der Waals surface area contributed by atoms with Gasteiger partial charge >= 0.3 is 0 Å². The third-order valence-electron chi connectivity index (χ3n) is 2.41. The summed E-state index contributed by atoms with van der Waals surface area (Å²) in [6.45, 7) is 1.06. The van der Waals surface area contributed by atoms with Crippen LogP contribution < -0.4 is 10.6 Å². The Morgan fingerprint density at radius 2 is 2.25 bits per heavy atom. The van der Waals surface area contributed by atoms with E-state index in [1.807, 2.05) is 30.0 Å². The Bertz CT molecular complexity index is 353. The van der Waals surface area contributed by atoms with Crippen LogP contribution in [0.5, 0.6) is 0 Å². The van der Waals surface area contributed by atoms with Crippen LogP contribution in [0.3, 0.4) is 0 Å². The van der Waals surface area contributed by atoms with E-state index in [0.29, 0.717) is 4.99 Å². The van der Waals surface area contributed by atoms with Gasteiger partial charge in [-0.25, -0.2) is 0 Å². The first-order valence-electron chi connectivity index (χ1n) is 5.25. The van der Waals surface area contributed by atoms with E-state index in [1.165, 1.54) is 17.9 Å². The summed E-state index contributed by atoms with van der Waals surface area (Å²) < 4.78 is 0. The quantitative estimate of drug-likeness (QED) is 0.624. The molecule has 0 aromatic heterocycles. The third kappa shape index (κ3) is 4.02. The summed E-state index contributed by atoms with van der Waals surface area (Å²) in [6.07, 6.45) is 3.32. The Kier molecular flexibility index (Phi) is 5.63. The monoisotopic (exact) mass is 254 g/mol. The molecule has 0 aliphatic rings. The summed E-state index contributed by atoms with van der Waals surface area (Å²) in [5.41, 5.74) is 7.72. The lowest BCUT2D eigenvalue weighted by Crippen LogP contribution is -2.19. The molecule has 4 heteroatoms. The SMILES string of the molecule is CSCCCN(C)c1cccc(C(N)=S)c1. The van der Waals surface area contributed by atoms with Crippen molar-refractivity contribution in [2.45, 2.75) is 6.42 Å². The molecule has 0 aliphatic carbocycles. The van der Waals surface area contributed by atoms with Gasteiger partial charge in [0.05, 0.1) is 0 Å². The molecule has 0 bridgehead atoms. The fourth-order valence-electron chi connectivity index (χ4n) is 1.47. The first-order valence-corrected chi connectivity index (χ1v) is 7.05. The maximum absolute atomic E-state index is 5.61. The second-order valence-electron chi connectivity index (χ2n) is 3.68. The highest BCUT2D eigenvalue weighted by molar-refractivity contribution is 7.98. The molecule has 2 nitrogen and oxygen atoms in total. The Morgan fingerprint density at radius 3 is 2.88 bits per heavy atom. The summed E-state index contributed by atoms with van der Waals surface area (Å²) in [5.74, 6) is 1.19. The fraction of sp³-hybridized carbons (Fsp3) is 0.417. The zero-order chi connectivity index (χ0) is 12.0. The van der Waals surface area contributed by atoms with Gasteiger partial charge < -0.3 is 10.6 Å². The molecule has 0 unspecified atom stereocenters. The third-order valence-corrected chi connectivity index (χ3v) is 3.35. The number of hydrogen-bond acceptors (Lipinski definition) is 3. The van der Waals surface area contributed by atoms with Gasteiger partial charge in [-0.15, -0.1) is 0 Å². The molecule has 0 spiro atoms. The largest absolute Gasteiger partial charge is 0.389 e. The average Bonchev–Trinajstić information content (AvgIpc) is 2.29. The molecule has 0 radical (unpaired) electrons. The zero-order valence-electron chi connectivity index (χ0n) is 9.77. The van der Waals surface area contributed by atoms with Gasteiger partial charge in [-0.05, 0) is 30.6 Å². The van der Waals surface area contributed by atoms with Crippen LogP contribution in [0.4, 0.5) is 5.69 Å². The zero-order valence-corrected chi connectivity index (χ0v) is 11.4. The normalized spacial score (nSPS) is 10.1. The van der Waals surface area contributed by atoms with Gasteiger partial charge in [0.1, 0.15) is 4.99 Å². The average molecular weight is 254 g/mol. The van der Waals surface area contributed by atoms with Crippen molar-refractivity contribution < 1.29 is 0 Å². The van der Waals surface area contributed by atoms with E-state index in [2.05, 4.69) is 24.3 Å². The predicted octanol–water partition coefficient (Wildman–Crippen LogP) is 2.51. The molecule has 0 aliphatic heterocycles. The van der Waals surface area contributed by atoms with Crippen LogP contribution in [0.15, 0.2) is 24.3 Å². The van der Waals surface area contributed by atoms with Crippen molar-refractivity contribution in [3.8, 4) is 0 Å². The topological polar surface area (TPSA) is 29.3 Å². The molecule has 88 valence electrons. The van der Waals surface area contributed by atoms with Crippen LogP contribution in [0.2, 0.25) is 0 Å². The van der Waals surface area contributed by atoms with Gasteiger partial charge in [0.2, 0.25) is 0 Å². The number of thiocarbonyl (C=S) groups is 1. The van der Waals surface area contributed by atoms with Gasteiger partial charge in [0.25, 0.3) is 0 Å². The van der Waals surface area contributed by atoms with Gasteiger partial charge in [0.15, 0.2) is 0 Å². The van der Waals surface area contributed by atoms with E-state index in [1.54, 1.807) is 0 Å². The van der Waals surface area contributed by atoms with Crippen LogP contribution in [0, 0.1) is 0 Å². The number of hydrogen-bond donors (Lipinski definition) is 1. The van der Waals surface area contributed by atoms with Crippen LogP contribution in [-0.4, -0.2) is 30.6 Å². The predicted molar refractivity (Wildman–Crippen MR) is 78.6 cm³/mol. The van der Waals surface area contributed by atoms with E-state index in [-0.39, 0.29) is 0 Å². The molecule has 0 fully saturated rings. The second kappa shape index (κ2) is 6.76. The summed E-state index contributed by atoms with van der Waals surface area (Å²) >= 11 is 6.85. The number of thioether (sulfide) groups is 1. The van der Waals surface area contributed by atoms with Crippen molar-refractivity contribution in [1.82, 2.24) is 0 Å². The summed E-state index contributed by atoms with van der Waals surface area (Å²) in [6, 6.07) is 8.07. The molecule has 0 heterocycles. The van der Waals surface area contributed by atoms with E-state index >= 15 is 0 Å². The van der Waals surface area contributed by atoms with E-state index in [0.717, 1.165) is 12.1 Å². The molecular weight excluding hydrogens is 236 g/mol. The highest BCUT2D eigenvalue weighted by Gasteiger charge is 2.02. The summed E-state index contributed by atoms with van der Waals surface area (Å²) in [4.78, 5) is 2.69. The smallest absolute Gasteiger partial charge is 0.104 e. The van der Waals surface area contributed by atoms with Gasteiger partial charge in [-0.1, -0.05) is 24.4 Å². The minimum absolute atomic E-state index is 0.458. The molecule has 1 aromatic rings. The molecule has 1 aromatic carbocycles. The maximum Gasteiger partial charge on any atom is 0.104 e. The molecule has 0 saturated heterocycles. The molecular formula is C12H18N2S2. The van der Waals surface area contributed by atoms with Crippen molar-refractivity contribution in [3.05, 3.63) is 29.8 Å². The first-order chi connectivity index (χ1) is 7.65. The summed E-state index contributed by atoms with van der Waals surface area (Å²) in [5, 5.41) is 0. The molecule has 1 rings (SSSR count). The number of nitrogens with two attached hydrogens (primary N) is 1. The Hall–Kier alpha value is -0.740. The van der Waals surface area contributed by atoms with Gasteiger partial charge in [-0.2, -0.15) is 11.8 Å². The van der Waals surface area contributed by atoms with Gasteiger partial charge in [-0.3, -0.25) is 0 Å².